The number of carbonyl (C=O) groups is 1. The van der Waals surface area contributed by atoms with Gasteiger partial charge in [-0.3, -0.25) is 4.79 Å². The van der Waals surface area contributed by atoms with Crippen LogP contribution in [-0.4, -0.2) is 40.4 Å². The van der Waals surface area contributed by atoms with Crippen molar-refractivity contribution in [2.24, 2.45) is 0 Å². The van der Waals surface area contributed by atoms with Gasteiger partial charge < -0.3 is 9.88 Å². The quantitative estimate of drug-likeness (QED) is 0.879. The summed E-state index contributed by atoms with van der Waals surface area (Å²) in [4.78, 5) is 16.3. The number of nitrogens with one attached hydrogen (secondary N) is 1. The van der Waals surface area contributed by atoms with Gasteiger partial charge in [-0.2, -0.15) is 0 Å². The van der Waals surface area contributed by atoms with E-state index in [1.807, 2.05) is 10.8 Å². The van der Waals surface area contributed by atoms with Gasteiger partial charge in [0.05, 0.1) is 5.25 Å². The molecule has 1 N–H and O–H groups in total. The minimum atomic E-state index is -3.41. The van der Waals surface area contributed by atoms with Crippen LogP contribution in [0.15, 0.2) is 12.4 Å². The monoisotopic (exact) mass is 299 g/mol. The van der Waals surface area contributed by atoms with Crippen LogP contribution in [-0.2, 0) is 27.6 Å². The summed E-state index contributed by atoms with van der Waals surface area (Å²) in [7, 11) is -3.41. The SMILES string of the molecule is CC(C)S(=O)(=O)[C@H](C)C(=O)N[C@H]1CCc2nccn2C1. The molecule has 0 bridgehead atoms. The lowest BCUT2D eigenvalue weighted by atomic mass is 10.1. The topological polar surface area (TPSA) is 81.1 Å². The van der Waals surface area contributed by atoms with Gasteiger partial charge in [-0.05, 0) is 27.2 Å². The van der Waals surface area contributed by atoms with E-state index in [1.165, 1.54) is 6.92 Å². The highest BCUT2D eigenvalue weighted by atomic mass is 32.2. The molecule has 0 aromatic carbocycles. The fourth-order valence-electron chi connectivity index (χ4n) is 2.36. The molecular weight excluding hydrogens is 278 g/mol. The van der Waals surface area contributed by atoms with Crippen molar-refractivity contribution >= 4 is 15.7 Å². The molecule has 2 rings (SSSR count). The molecular formula is C13H21N3O3S. The third-order valence-electron chi connectivity index (χ3n) is 3.80. The highest BCUT2D eigenvalue weighted by Crippen LogP contribution is 2.14. The highest BCUT2D eigenvalue weighted by molar-refractivity contribution is 7.93. The predicted molar refractivity (Wildman–Crippen MR) is 76.0 cm³/mol. The molecule has 0 radical (unpaired) electrons. The standard InChI is InChI=1S/C13H21N3O3S/c1-9(2)20(18,19)10(3)13(17)15-11-4-5-12-14-6-7-16(12)8-11/h6-7,9-11H,4-5,8H2,1-3H3,(H,15,17)/t10-,11+/m1/s1. The number of rotatable bonds is 4. The smallest absolute Gasteiger partial charge is 0.238 e. The number of carbonyl (C=O) groups excluding carboxylic acids is 1. The van der Waals surface area contributed by atoms with Crippen LogP contribution in [0.4, 0.5) is 0 Å². The molecule has 0 unspecified atom stereocenters. The molecule has 1 aromatic heterocycles. The zero-order chi connectivity index (χ0) is 14.9. The molecule has 6 nitrogen and oxygen atoms in total. The first kappa shape index (κ1) is 15.0. The third-order valence-corrected chi connectivity index (χ3v) is 6.31. The Labute approximate surface area is 119 Å². The lowest BCUT2D eigenvalue weighted by Crippen LogP contribution is -2.47. The van der Waals surface area contributed by atoms with Crippen molar-refractivity contribution in [1.29, 1.82) is 0 Å². The van der Waals surface area contributed by atoms with E-state index in [9.17, 15) is 13.2 Å². The van der Waals surface area contributed by atoms with Gasteiger partial charge >= 0.3 is 0 Å². The van der Waals surface area contributed by atoms with Gasteiger partial charge in [0.2, 0.25) is 5.91 Å². The van der Waals surface area contributed by atoms with Gasteiger partial charge in [0.25, 0.3) is 0 Å². The second-order valence-corrected chi connectivity index (χ2v) is 8.35. The van der Waals surface area contributed by atoms with Crippen LogP contribution in [0.1, 0.15) is 33.0 Å². The Bertz CT molecular complexity index is 592. The van der Waals surface area contributed by atoms with Crippen molar-refractivity contribution in [3.8, 4) is 0 Å². The Morgan fingerprint density at radius 1 is 1.45 bits per heavy atom. The molecule has 1 aromatic rings. The molecule has 0 aliphatic carbocycles. The van der Waals surface area contributed by atoms with Crippen LogP contribution in [0.25, 0.3) is 0 Å². The number of sulfone groups is 1. The molecule has 7 heteroatoms. The Balaban J connectivity index is 2.00. The summed E-state index contributed by atoms with van der Waals surface area (Å²) in [6, 6.07) is -0.0333. The molecule has 0 saturated carbocycles. The summed E-state index contributed by atoms with van der Waals surface area (Å²) in [5.74, 6) is 0.602. The molecule has 0 saturated heterocycles. The minimum absolute atomic E-state index is 0.0333. The average molecular weight is 299 g/mol. The van der Waals surface area contributed by atoms with Crippen LogP contribution in [0.5, 0.6) is 0 Å². The number of hydrogen-bond donors (Lipinski definition) is 1. The summed E-state index contributed by atoms with van der Waals surface area (Å²) in [6.07, 6.45) is 5.20. The van der Waals surface area contributed by atoms with E-state index in [-0.39, 0.29) is 6.04 Å². The lowest BCUT2D eigenvalue weighted by Gasteiger charge is -2.26. The molecule has 1 aliphatic heterocycles. The van der Waals surface area contributed by atoms with Crippen LogP contribution >= 0.6 is 0 Å². The zero-order valence-electron chi connectivity index (χ0n) is 12.0. The average Bonchev–Trinajstić information content (AvgIpc) is 2.84. The number of nitrogens with zero attached hydrogens (tertiary/aromatic N) is 2. The normalized spacial score (nSPS) is 20.5. The molecule has 0 spiro atoms. The number of hydrogen-bond acceptors (Lipinski definition) is 4. The van der Waals surface area contributed by atoms with E-state index < -0.39 is 26.2 Å². The van der Waals surface area contributed by atoms with E-state index in [1.54, 1.807) is 20.0 Å². The van der Waals surface area contributed by atoms with Crippen molar-refractivity contribution < 1.29 is 13.2 Å². The lowest BCUT2D eigenvalue weighted by molar-refractivity contribution is -0.121. The fraction of sp³-hybridized carbons (Fsp3) is 0.692. The van der Waals surface area contributed by atoms with Crippen molar-refractivity contribution in [3.63, 3.8) is 0 Å². The number of imidazole rings is 1. The third kappa shape index (κ3) is 2.87. The van der Waals surface area contributed by atoms with E-state index in [2.05, 4.69) is 10.3 Å². The molecule has 112 valence electrons. The van der Waals surface area contributed by atoms with Gasteiger partial charge in [-0.1, -0.05) is 0 Å². The molecule has 0 fully saturated rings. The summed E-state index contributed by atoms with van der Waals surface area (Å²) in [5.41, 5.74) is 0. The van der Waals surface area contributed by atoms with Gasteiger partial charge in [-0.15, -0.1) is 0 Å². The number of aryl methyl sites for hydroxylation is 1. The summed E-state index contributed by atoms with van der Waals surface area (Å²) in [5, 5.41) is 1.29. The second kappa shape index (κ2) is 5.55. The number of fused-ring (bicyclic) bond motifs is 1. The van der Waals surface area contributed by atoms with Gasteiger partial charge in [0.15, 0.2) is 9.84 Å². The molecule has 20 heavy (non-hydrogen) atoms. The predicted octanol–water partition coefficient (Wildman–Crippen LogP) is 0.526. The highest BCUT2D eigenvalue weighted by Gasteiger charge is 2.32. The van der Waals surface area contributed by atoms with Crippen molar-refractivity contribution in [2.45, 2.75) is 56.7 Å². The van der Waals surface area contributed by atoms with Crippen molar-refractivity contribution in [1.82, 2.24) is 14.9 Å². The van der Waals surface area contributed by atoms with Gasteiger partial charge in [0, 0.05) is 31.4 Å². The van der Waals surface area contributed by atoms with Crippen LogP contribution in [0.3, 0.4) is 0 Å². The summed E-state index contributed by atoms with van der Waals surface area (Å²) in [6.45, 7) is 5.29. The first-order valence-electron chi connectivity index (χ1n) is 6.85. The second-order valence-electron chi connectivity index (χ2n) is 5.52. The van der Waals surface area contributed by atoms with Gasteiger partial charge in [0.1, 0.15) is 11.1 Å². The molecule has 2 atom stereocenters. The maximum absolute atomic E-state index is 12.1. The Morgan fingerprint density at radius 2 is 2.15 bits per heavy atom. The van der Waals surface area contributed by atoms with E-state index in [0.717, 1.165) is 18.7 Å². The Morgan fingerprint density at radius 3 is 2.80 bits per heavy atom. The summed E-state index contributed by atoms with van der Waals surface area (Å²) < 4.78 is 26.0. The van der Waals surface area contributed by atoms with E-state index >= 15 is 0 Å². The van der Waals surface area contributed by atoms with Crippen molar-refractivity contribution in [2.75, 3.05) is 0 Å². The van der Waals surface area contributed by atoms with Crippen LogP contribution in [0, 0.1) is 0 Å². The molecule has 1 aliphatic rings. The maximum Gasteiger partial charge on any atom is 0.238 e. The maximum atomic E-state index is 12.1. The minimum Gasteiger partial charge on any atom is -0.350 e. The Kier molecular flexibility index (Phi) is 4.17. The molecule has 1 amide bonds. The van der Waals surface area contributed by atoms with E-state index in [0.29, 0.717) is 6.54 Å². The summed E-state index contributed by atoms with van der Waals surface area (Å²) >= 11 is 0. The number of aromatic nitrogens is 2. The Hall–Kier alpha value is -1.37. The molecule has 2 heterocycles. The first-order chi connectivity index (χ1) is 9.32. The van der Waals surface area contributed by atoms with Crippen LogP contribution < -0.4 is 5.32 Å². The fourth-order valence-corrected chi connectivity index (χ4v) is 3.54. The van der Waals surface area contributed by atoms with Gasteiger partial charge in [-0.25, -0.2) is 13.4 Å². The first-order valence-corrected chi connectivity index (χ1v) is 8.46. The van der Waals surface area contributed by atoms with Crippen LogP contribution in [0.2, 0.25) is 0 Å². The zero-order valence-corrected chi connectivity index (χ0v) is 12.9. The van der Waals surface area contributed by atoms with Crippen molar-refractivity contribution in [3.05, 3.63) is 18.2 Å². The van der Waals surface area contributed by atoms with E-state index in [4.69, 9.17) is 0 Å². The number of amides is 1. The largest absolute Gasteiger partial charge is 0.350 e.